The van der Waals surface area contributed by atoms with Crippen LogP contribution in [-0.2, 0) is 17.9 Å². The molecule has 96 valence electrons. The monoisotopic (exact) mass is 250 g/mol. The molecule has 0 saturated carbocycles. The average molecular weight is 250 g/mol. The Morgan fingerprint density at radius 2 is 2.33 bits per heavy atom. The van der Waals surface area contributed by atoms with Crippen molar-refractivity contribution in [3.8, 4) is 0 Å². The molecule has 8 nitrogen and oxygen atoms in total. The van der Waals surface area contributed by atoms with Crippen molar-refractivity contribution in [3.05, 3.63) is 23.1 Å². The van der Waals surface area contributed by atoms with Gasteiger partial charge in [0.05, 0.1) is 17.6 Å². The highest BCUT2D eigenvalue weighted by Gasteiger charge is 2.12. The van der Waals surface area contributed by atoms with Gasteiger partial charge in [-0.05, 0) is 13.8 Å². The summed E-state index contributed by atoms with van der Waals surface area (Å²) in [4.78, 5) is 11.7. The maximum Gasteiger partial charge on any atom is 0.248 e. The molecular formula is C10H14N6O2. The van der Waals surface area contributed by atoms with Gasteiger partial charge in [0.25, 0.3) is 0 Å². The van der Waals surface area contributed by atoms with Gasteiger partial charge in [-0.2, -0.15) is 0 Å². The van der Waals surface area contributed by atoms with Crippen molar-refractivity contribution in [3.63, 3.8) is 0 Å². The van der Waals surface area contributed by atoms with Crippen LogP contribution in [0.1, 0.15) is 17.0 Å². The Labute approximate surface area is 103 Å². The summed E-state index contributed by atoms with van der Waals surface area (Å²) in [5.41, 5.74) is 7.59. The van der Waals surface area contributed by atoms with E-state index in [0.717, 1.165) is 11.3 Å². The summed E-state index contributed by atoms with van der Waals surface area (Å²) in [5, 5.41) is 13.9. The minimum Gasteiger partial charge on any atom is -0.338 e. The van der Waals surface area contributed by atoms with Crippen molar-refractivity contribution in [2.75, 3.05) is 5.32 Å². The molecule has 0 aliphatic carbocycles. The largest absolute Gasteiger partial charge is 0.338 e. The van der Waals surface area contributed by atoms with Gasteiger partial charge in [0.2, 0.25) is 11.8 Å². The molecule has 2 aromatic heterocycles. The van der Waals surface area contributed by atoms with E-state index < -0.39 is 0 Å². The number of nitrogens with one attached hydrogen (secondary N) is 1. The topological polar surface area (TPSA) is 112 Å². The third kappa shape index (κ3) is 2.54. The number of aryl methyl sites for hydroxylation is 1. The minimum absolute atomic E-state index is 0.0478. The normalized spacial score (nSPS) is 10.6. The highest BCUT2D eigenvalue weighted by molar-refractivity contribution is 5.89. The fourth-order valence-electron chi connectivity index (χ4n) is 1.35. The molecule has 8 heteroatoms. The summed E-state index contributed by atoms with van der Waals surface area (Å²) < 4.78 is 6.40. The first-order chi connectivity index (χ1) is 8.60. The highest BCUT2D eigenvalue weighted by atomic mass is 16.5. The molecule has 0 bridgehead atoms. The summed E-state index contributed by atoms with van der Waals surface area (Å²) >= 11 is 0. The van der Waals surface area contributed by atoms with Crippen molar-refractivity contribution >= 4 is 11.8 Å². The summed E-state index contributed by atoms with van der Waals surface area (Å²) in [6.07, 6.45) is 1.62. The van der Waals surface area contributed by atoms with Crippen molar-refractivity contribution in [2.24, 2.45) is 5.73 Å². The lowest BCUT2D eigenvalue weighted by Gasteiger charge is -2.01. The van der Waals surface area contributed by atoms with Crippen LogP contribution in [0, 0.1) is 13.8 Å². The van der Waals surface area contributed by atoms with E-state index in [-0.39, 0.29) is 12.5 Å². The lowest BCUT2D eigenvalue weighted by atomic mass is 10.3. The number of anilines is 1. The Morgan fingerprint density at radius 1 is 1.56 bits per heavy atom. The predicted molar refractivity (Wildman–Crippen MR) is 62.5 cm³/mol. The maximum absolute atomic E-state index is 11.7. The van der Waals surface area contributed by atoms with Crippen LogP contribution in [0.15, 0.2) is 10.7 Å². The van der Waals surface area contributed by atoms with Crippen molar-refractivity contribution in [1.29, 1.82) is 0 Å². The summed E-state index contributed by atoms with van der Waals surface area (Å²) in [6.45, 7) is 3.97. The van der Waals surface area contributed by atoms with E-state index in [4.69, 9.17) is 10.3 Å². The molecule has 0 atom stereocenters. The Bertz CT molecular complexity index is 558. The Hall–Kier alpha value is -2.22. The molecule has 18 heavy (non-hydrogen) atoms. The SMILES string of the molecule is Cc1noc(NC(=O)Cn2cc(CN)nn2)c1C. The molecule has 2 aromatic rings. The van der Waals surface area contributed by atoms with Gasteiger partial charge >= 0.3 is 0 Å². The third-order valence-electron chi connectivity index (χ3n) is 2.51. The predicted octanol–water partition coefficient (Wildman–Crippen LogP) is -0.0197. The van der Waals surface area contributed by atoms with Crippen LogP contribution in [0.2, 0.25) is 0 Å². The fraction of sp³-hybridized carbons (Fsp3) is 0.400. The van der Waals surface area contributed by atoms with E-state index in [2.05, 4.69) is 20.8 Å². The second-order valence-corrected chi connectivity index (χ2v) is 3.88. The number of hydrogen-bond donors (Lipinski definition) is 2. The van der Waals surface area contributed by atoms with Gasteiger partial charge in [-0.3, -0.25) is 10.1 Å². The van der Waals surface area contributed by atoms with Gasteiger partial charge in [0, 0.05) is 12.1 Å². The van der Waals surface area contributed by atoms with Crippen LogP contribution in [0.25, 0.3) is 0 Å². The molecule has 3 N–H and O–H groups in total. The zero-order chi connectivity index (χ0) is 13.1. The number of carbonyl (C=O) groups is 1. The summed E-state index contributed by atoms with van der Waals surface area (Å²) in [5.74, 6) is 0.0967. The zero-order valence-electron chi connectivity index (χ0n) is 10.2. The number of hydrogen-bond acceptors (Lipinski definition) is 6. The first-order valence-corrected chi connectivity index (χ1v) is 5.42. The van der Waals surface area contributed by atoms with E-state index in [1.807, 2.05) is 6.92 Å². The number of nitrogens with two attached hydrogens (primary N) is 1. The Morgan fingerprint density at radius 3 is 2.89 bits per heavy atom. The van der Waals surface area contributed by atoms with Gasteiger partial charge in [-0.25, -0.2) is 4.68 Å². The van der Waals surface area contributed by atoms with Gasteiger partial charge in [0.1, 0.15) is 6.54 Å². The molecule has 0 saturated heterocycles. The van der Waals surface area contributed by atoms with E-state index in [0.29, 0.717) is 18.1 Å². The number of amides is 1. The lowest BCUT2D eigenvalue weighted by molar-refractivity contribution is -0.117. The summed E-state index contributed by atoms with van der Waals surface area (Å²) in [7, 11) is 0. The quantitative estimate of drug-likeness (QED) is 0.788. The van der Waals surface area contributed by atoms with Gasteiger partial charge in [0.15, 0.2) is 0 Å². The zero-order valence-corrected chi connectivity index (χ0v) is 10.2. The molecule has 0 unspecified atom stereocenters. The number of carbonyl (C=O) groups excluding carboxylic acids is 1. The van der Waals surface area contributed by atoms with E-state index >= 15 is 0 Å². The molecule has 0 radical (unpaired) electrons. The number of nitrogens with zero attached hydrogens (tertiary/aromatic N) is 4. The van der Waals surface area contributed by atoms with Crippen LogP contribution >= 0.6 is 0 Å². The van der Waals surface area contributed by atoms with Crippen molar-refractivity contribution in [2.45, 2.75) is 26.9 Å². The van der Waals surface area contributed by atoms with Crippen molar-refractivity contribution < 1.29 is 9.32 Å². The first kappa shape index (κ1) is 12.2. The molecule has 1 amide bonds. The molecule has 0 aliphatic rings. The molecular weight excluding hydrogens is 236 g/mol. The standard InChI is InChI=1S/C10H14N6O2/c1-6-7(2)14-18-10(6)12-9(17)5-16-4-8(3-11)13-15-16/h4H,3,5,11H2,1-2H3,(H,12,17). The van der Waals surface area contributed by atoms with E-state index in [9.17, 15) is 4.79 Å². The second kappa shape index (κ2) is 4.96. The third-order valence-corrected chi connectivity index (χ3v) is 2.51. The molecule has 2 rings (SSSR count). The van der Waals surface area contributed by atoms with E-state index in [1.165, 1.54) is 4.68 Å². The summed E-state index contributed by atoms with van der Waals surface area (Å²) in [6, 6.07) is 0. The van der Waals surface area contributed by atoms with Crippen molar-refractivity contribution in [1.82, 2.24) is 20.2 Å². The van der Waals surface area contributed by atoms with Crippen LogP contribution in [0.3, 0.4) is 0 Å². The Kier molecular flexibility index (Phi) is 3.38. The molecule has 2 heterocycles. The molecule has 0 aliphatic heterocycles. The maximum atomic E-state index is 11.7. The van der Waals surface area contributed by atoms with Gasteiger partial charge < -0.3 is 10.3 Å². The Balaban J connectivity index is 1.98. The lowest BCUT2D eigenvalue weighted by Crippen LogP contribution is -2.19. The average Bonchev–Trinajstić information content (AvgIpc) is 2.91. The van der Waals surface area contributed by atoms with Gasteiger partial charge in [-0.1, -0.05) is 10.4 Å². The van der Waals surface area contributed by atoms with E-state index in [1.54, 1.807) is 13.1 Å². The minimum atomic E-state index is -0.261. The smallest absolute Gasteiger partial charge is 0.248 e. The van der Waals surface area contributed by atoms with Crippen LogP contribution in [0.4, 0.5) is 5.88 Å². The molecule has 0 fully saturated rings. The van der Waals surface area contributed by atoms with Crippen LogP contribution < -0.4 is 11.1 Å². The van der Waals surface area contributed by atoms with Crippen LogP contribution in [0.5, 0.6) is 0 Å². The fourth-order valence-corrected chi connectivity index (χ4v) is 1.35. The van der Waals surface area contributed by atoms with Gasteiger partial charge in [-0.15, -0.1) is 5.10 Å². The first-order valence-electron chi connectivity index (χ1n) is 5.42. The molecule has 0 aromatic carbocycles. The number of aromatic nitrogens is 4. The highest BCUT2D eigenvalue weighted by Crippen LogP contribution is 2.17. The van der Waals surface area contributed by atoms with Crippen LogP contribution in [-0.4, -0.2) is 26.1 Å². The molecule has 0 spiro atoms. The number of rotatable bonds is 4. The second-order valence-electron chi connectivity index (χ2n) is 3.88.